The van der Waals surface area contributed by atoms with E-state index in [4.69, 9.17) is 4.74 Å². The molecule has 2 aliphatic heterocycles. The maximum atomic E-state index is 12.1. The molecule has 0 N–H and O–H groups in total. The molecule has 2 atom stereocenters. The van der Waals surface area contributed by atoms with Gasteiger partial charge in [-0.05, 0) is 18.1 Å². The zero-order chi connectivity index (χ0) is 16.2. The average Bonchev–Trinajstić information content (AvgIpc) is 2.76. The van der Waals surface area contributed by atoms with Gasteiger partial charge in [0.25, 0.3) is 0 Å². The number of rotatable bonds is 2. The summed E-state index contributed by atoms with van der Waals surface area (Å²) in [7, 11) is 3.61. The van der Waals surface area contributed by atoms with Gasteiger partial charge in [-0.1, -0.05) is 6.07 Å². The molecule has 2 fully saturated rings. The van der Waals surface area contributed by atoms with Crippen LogP contribution in [-0.2, 0) is 11.3 Å². The maximum absolute atomic E-state index is 12.1. The number of fused-ring (bicyclic) bond motifs is 1. The summed E-state index contributed by atoms with van der Waals surface area (Å²) in [5.74, 6) is 0.500. The minimum Gasteiger partial charge on any atom is -0.375 e. The van der Waals surface area contributed by atoms with Crippen molar-refractivity contribution in [3.05, 3.63) is 30.1 Å². The van der Waals surface area contributed by atoms with Crippen LogP contribution < -0.4 is 0 Å². The standard InChI is InChI=1S/C17H26N4O2/c1-19(2)17(22)21-7-5-15-12-20(8-9-23-16(15)13-21)11-14-4-3-6-18-10-14/h3-4,6,10,15-16H,5,7-9,11-13H2,1-2H3/t15-,16-/m0/s1. The van der Waals surface area contributed by atoms with E-state index >= 15 is 0 Å². The van der Waals surface area contributed by atoms with Crippen LogP contribution >= 0.6 is 0 Å². The number of aromatic nitrogens is 1. The lowest BCUT2D eigenvalue weighted by Gasteiger charge is -2.38. The molecule has 0 radical (unpaired) electrons. The van der Waals surface area contributed by atoms with Crippen LogP contribution in [-0.4, -0.2) is 78.7 Å². The minimum atomic E-state index is 0.0866. The third kappa shape index (κ3) is 4.00. The zero-order valence-corrected chi connectivity index (χ0v) is 14.0. The van der Waals surface area contributed by atoms with Crippen molar-refractivity contribution < 1.29 is 9.53 Å². The largest absolute Gasteiger partial charge is 0.375 e. The molecule has 2 saturated heterocycles. The van der Waals surface area contributed by atoms with E-state index in [1.165, 1.54) is 5.56 Å². The summed E-state index contributed by atoms with van der Waals surface area (Å²) >= 11 is 0. The summed E-state index contributed by atoms with van der Waals surface area (Å²) in [4.78, 5) is 22.3. The van der Waals surface area contributed by atoms with Gasteiger partial charge in [0.05, 0.1) is 12.7 Å². The molecule has 0 saturated carbocycles. The molecule has 3 rings (SSSR count). The topological polar surface area (TPSA) is 48.9 Å². The summed E-state index contributed by atoms with van der Waals surface area (Å²) in [6.45, 7) is 5.14. The molecule has 3 heterocycles. The van der Waals surface area contributed by atoms with Crippen LogP contribution in [0.25, 0.3) is 0 Å². The third-order valence-electron chi connectivity index (χ3n) is 4.71. The molecule has 6 heteroatoms. The monoisotopic (exact) mass is 318 g/mol. The fourth-order valence-corrected chi connectivity index (χ4v) is 3.47. The Hall–Kier alpha value is -1.66. The molecular weight excluding hydrogens is 292 g/mol. The molecule has 2 aliphatic rings. The van der Waals surface area contributed by atoms with Gasteiger partial charge in [0.2, 0.25) is 0 Å². The van der Waals surface area contributed by atoms with Crippen LogP contribution in [0.5, 0.6) is 0 Å². The first-order valence-corrected chi connectivity index (χ1v) is 8.32. The summed E-state index contributed by atoms with van der Waals surface area (Å²) in [5, 5.41) is 0. The second-order valence-electron chi connectivity index (χ2n) is 6.68. The lowest BCUT2D eigenvalue weighted by molar-refractivity contribution is -0.0137. The maximum Gasteiger partial charge on any atom is 0.319 e. The highest BCUT2D eigenvalue weighted by atomic mass is 16.5. The van der Waals surface area contributed by atoms with Crippen molar-refractivity contribution in [2.24, 2.45) is 5.92 Å². The van der Waals surface area contributed by atoms with Crippen molar-refractivity contribution >= 4 is 6.03 Å². The second-order valence-corrected chi connectivity index (χ2v) is 6.68. The quantitative estimate of drug-likeness (QED) is 0.824. The Balaban J connectivity index is 1.59. The molecule has 126 valence electrons. The van der Waals surface area contributed by atoms with E-state index in [1.807, 2.05) is 23.4 Å². The van der Waals surface area contributed by atoms with E-state index in [-0.39, 0.29) is 12.1 Å². The Morgan fingerprint density at radius 2 is 2.26 bits per heavy atom. The number of hydrogen-bond donors (Lipinski definition) is 0. The van der Waals surface area contributed by atoms with Crippen molar-refractivity contribution in [2.45, 2.75) is 19.1 Å². The summed E-state index contributed by atoms with van der Waals surface area (Å²) in [6, 6.07) is 4.19. The van der Waals surface area contributed by atoms with E-state index in [0.29, 0.717) is 12.5 Å². The Bertz CT molecular complexity index is 523. The molecule has 0 unspecified atom stereocenters. The number of likely N-dealkylation sites (tertiary alicyclic amines) is 1. The van der Waals surface area contributed by atoms with Gasteiger partial charge < -0.3 is 14.5 Å². The van der Waals surface area contributed by atoms with E-state index in [9.17, 15) is 4.79 Å². The Morgan fingerprint density at radius 3 is 3.00 bits per heavy atom. The van der Waals surface area contributed by atoms with Crippen molar-refractivity contribution in [1.29, 1.82) is 0 Å². The van der Waals surface area contributed by atoms with Gasteiger partial charge in [-0.3, -0.25) is 9.88 Å². The van der Waals surface area contributed by atoms with Crippen LogP contribution in [0.3, 0.4) is 0 Å². The highest BCUT2D eigenvalue weighted by Crippen LogP contribution is 2.25. The molecular formula is C17H26N4O2. The van der Waals surface area contributed by atoms with Crippen LogP contribution in [0.1, 0.15) is 12.0 Å². The predicted octanol–water partition coefficient (Wildman–Crippen LogP) is 1.29. The van der Waals surface area contributed by atoms with E-state index in [2.05, 4.69) is 16.0 Å². The summed E-state index contributed by atoms with van der Waals surface area (Å²) in [6.07, 6.45) is 4.91. The van der Waals surface area contributed by atoms with E-state index in [1.54, 1.807) is 19.0 Å². The number of pyridine rings is 1. The number of amides is 2. The first kappa shape index (κ1) is 16.2. The SMILES string of the molecule is CN(C)C(=O)N1CC[C@H]2CN(Cc3cccnc3)CCO[C@H]2C1. The molecule has 0 bridgehead atoms. The first-order chi connectivity index (χ1) is 11.1. The number of nitrogens with zero attached hydrogens (tertiary/aromatic N) is 4. The van der Waals surface area contributed by atoms with Gasteiger partial charge >= 0.3 is 6.03 Å². The van der Waals surface area contributed by atoms with Gasteiger partial charge in [0.15, 0.2) is 0 Å². The normalized spacial score (nSPS) is 25.6. The fraction of sp³-hybridized carbons (Fsp3) is 0.647. The van der Waals surface area contributed by atoms with Crippen LogP contribution in [0.2, 0.25) is 0 Å². The van der Waals surface area contributed by atoms with Crippen molar-refractivity contribution in [1.82, 2.24) is 19.7 Å². The Morgan fingerprint density at radius 1 is 1.39 bits per heavy atom. The minimum absolute atomic E-state index is 0.0866. The Labute approximate surface area is 138 Å². The molecule has 2 amide bonds. The van der Waals surface area contributed by atoms with Crippen LogP contribution in [0, 0.1) is 5.92 Å². The zero-order valence-electron chi connectivity index (χ0n) is 14.0. The molecule has 0 spiro atoms. The van der Waals surface area contributed by atoms with Gasteiger partial charge in [-0.15, -0.1) is 0 Å². The molecule has 6 nitrogen and oxygen atoms in total. The molecule has 0 aromatic carbocycles. The number of carbonyl (C=O) groups is 1. The Kier molecular flexibility index (Phi) is 5.13. The van der Waals surface area contributed by atoms with E-state index in [0.717, 1.165) is 39.2 Å². The number of hydrogen-bond acceptors (Lipinski definition) is 4. The fourth-order valence-electron chi connectivity index (χ4n) is 3.47. The van der Waals surface area contributed by atoms with Crippen LogP contribution in [0.4, 0.5) is 4.79 Å². The van der Waals surface area contributed by atoms with Gasteiger partial charge in [0.1, 0.15) is 0 Å². The lowest BCUT2D eigenvalue weighted by atomic mass is 9.93. The van der Waals surface area contributed by atoms with Crippen LogP contribution in [0.15, 0.2) is 24.5 Å². The van der Waals surface area contributed by atoms with Crippen molar-refractivity contribution in [3.8, 4) is 0 Å². The average molecular weight is 318 g/mol. The van der Waals surface area contributed by atoms with Crippen molar-refractivity contribution in [3.63, 3.8) is 0 Å². The highest BCUT2D eigenvalue weighted by Gasteiger charge is 2.35. The van der Waals surface area contributed by atoms with Crippen molar-refractivity contribution in [2.75, 3.05) is 46.9 Å². The van der Waals surface area contributed by atoms with Gasteiger partial charge in [-0.25, -0.2) is 4.79 Å². The summed E-state index contributed by atoms with van der Waals surface area (Å²) < 4.78 is 6.07. The first-order valence-electron chi connectivity index (χ1n) is 8.32. The number of urea groups is 1. The molecule has 23 heavy (non-hydrogen) atoms. The highest BCUT2D eigenvalue weighted by molar-refractivity contribution is 5.73. The molecule has 1 aromatic rings. The van der Waals surface area contributed by atoms with E-state index < -0.39 is 0 Å². The number of ether oxygens (including phenoxy) is 1. The van der Waals surface area contributed by atoms with Gasteiger partial charge in [-0.2, -0.15) is 0 Å². The smallest absolute Gasteiger partial charge is 0.319 e. The summed E-state index contributed by atoms with van der Waals surface area (Å²) in [5.41, 5.74) is 1.24. The number of piperidine rings is 1. The molecule has 1 aromatic heterocycles. The number of carbonyl (C=O) groups excluding carboxylic acids is 1. The third-order valence-corrected chi connectivity index (χ3v) is 4.71. The lowest BCUT2D eigenvalue weighted by Crippen LogP contribution is -2.51. The second kappa shape index (κ2) is 7.27. The van der Waals surface area contributed by atoms with Gasteiger partial charge in [0, 0.05) is 65.1 Å². The predicted molar refractivity (Wildman–Crippen MR) is 88.0 cm³/mol. The molecule has 0 aliphatic carbocycles.